The Morgan fingerprint density at radius 1 is 1.20 bits per heavy atom. The quantitative estimate of drug-likeness (QED) is 0.923. The lowest BCUT2D eigenvalue weighted by molar-refractivity contribution is 0.428. The van der Waals surface area contributed by atoms with Gasteiger partial charge in [-0.05, 0) is 37.2 Å². The van der Waals surface area contributed by atoms with Gasteiger partial charge in [-0.25, -0.2) is 8.42 Å². The van der Waals surface area contributed by atoms with E-state index in [0.29, 0.717) is 6.04 Å². The maximum absolute atomic E-state index is 12.5. The molecule has 0 aliphatic heterocycles. The first-order valence-corrected chi connectivity index (χ1v) is 9.55. The molecule has 2 aliphatic carbocycles. The number of sulfone groups is 1. The molecule has 0 radical (unpaired) electrons. The molecular weight excluding hydrogens is 294 g/mol. The van der Waals surface area contributed by atoms with Crippen molar-refractivity contribution in [1.82, 2.24) is 4.37 Å². The van der Waals surface area contributed by atoms with Gasteiger partial charge in [-0.15, -0.1) is 0 Å². The van der Waals surface area contributed by atoms with Crippen molar-refractivity contribution >= 4 is 32.2 Å². The van der Waals surface area contributed by atoms with Gasteiger partial charge in [0.25, 0.3) is 0 Å². The highest BCUT2D eigenvalue weighted by molar-refractivity contribution is 7.92. The lowest BCUT2D eigenvalue weighted by Crippen LogP contribution is -2.33. The summed E-state index contributed by atoms with van der Waals surface area (Å²) in [7, 11) is -1.31. The second-order valence-electron chi connectivity index (χ2n) is 5.85. The summed E-state index contributed by atoms with van der Waals surface area (Å²) in [5.74, 6) is 0.180. The van der Waals surface area contributed by atoms with Crippen LogP contribution >= 0.6 is 11.5 Å². The molecule has 0 spiro atoms. The summed E-state index contributed by atoms with van der Waals surface area (Å²) in [6, 6.07) is 0.414. The Morgan fingerprint density at radius 2 is 1.85 bits per heavy atom. The Balaban J connectivity index is 1.93. The predicted octanol–water partition coefficient (Wildman–Crippen LogP) is 2.43. The molecule has 2 N–H and O–H groups in total. The monoisotopic (exact) mass is 315 g/mol. The van der Waals surface area contributed by atoms with E-state index < -0.39 is 9.84 Å². The van der Waals surface area contributed by atoms with E-state index in [0.717, 1.165) is 30.7 Å². The summed E-state index contributed by atoms with van der Waals surface area (Å²) >= 11 is 1.22. The number of hydrogen-bond acceptors (Lipinski definition) is 6. The standard InChI is InChI=1S/C13H21N3O2S2/c1-16(9-5-3-2-4-6-9)13-11(12(14)15-19-13)20(17,18)10-7-8-10/h9-10H,2-8H2,1H3,(H2,14,15). The minimum Gasteiger partial charge on any atom is -0.382 e. The zero-order chi connectivity index (χ0) is 14.3. The third-order valence-corrected chi connectivity index (χ3v) is 7.75. The van der Waals surface area contributed by atoms with Crippen LogP contribution in [-0.4, -0.2) is 31.1 Å². The average molecular weight is 315 g/mol. The lowest BCUT2D eigenvalue weighted by atomic mass is 9.95. The molecule has 1 aromatic rings. The van der Waals surface area contributed by atoms with Gasteiger partial charge in [0.15, 0.2) is 15.7 Å². The van der Waals surface area contributed by atoms with E-state index in [1.165, 1.54) is 30.8 Å². The number of anilines is 2. The van der Waals surface area contributed by atoms with Gasteiger partial charge in [-0.3, -0.25) is 0 Å². The van der Waals surface area contributed by atoms with Gasteiger partial charge >= 0.3 is 0 Å². The van der Waals surface area contributed by atoms with Gasteiger partial charge in [0, 0.05) is 13.1 Å². The highest BCUT2D eigenvalue weighted by Crippen LogP contribution is 2.43. The van der Waals surface area contributed by atoms with E-state index in [4.69, 9.17) is 5.73 Å². The van der Waals surface area contributed by atoms with Crippen molar-refractivity contribution < 1.29 is 8.42 Å². The molecule has 3 rings (SSSR count). The number of nitrogens with two attached hydrogens (primary N) is 1. The molecule has 2 aliphatic rings. The summed E-state index contributed by atoms with van der Waals surface area (Å²) in [6.45, 7) is 0. The van der Waals surface area contributed by atoms with Crippen LogP contribution in [0.3, 0.4) is 0 Å². The molecule has 5 nitrogen and oxygen atoms in total. The van der Waals surface area contributed by atoms with Crippen molar-refractivity contribution in [3.8, 4) is 0 Å². The molecule has 0 amide bonds. The minimum atomic E-state index is -3.29. The molecule has 0 aromatic carbocycles. The summed E-state index contributed by atoms with van der Waals surface area (Å²) in [5.41, 5.74) is 5.85. The van der Waals surface area contributed by atoms with E-state index in [9.17, 15) is 8.42 Å². The van der Waals surface area contributed by atoms with Crippen LogP contribution in [-0.2, 0) is 9.84 Å². The lowest BCUT2D eigenvalue weighted by Gasteiger charge is -2.32. The highest BCUT2D eigenvalue weighted by atomic mass is 32.2. The Morgan fingerprint density at radius 3 is 2.45 bits per heavy atom. The molecule has 112 valence electrons. The molecule has 1 heterocycles. The van der Waals surface area contributed by atoms with Crippen LogP contribution < -0.4 is 10.6 Å². The van der Waals surface area contributed by atoms with Gasteiger partial charge in [-0.1, -0.05) is 19.3 Å². The molecule has 0 atom stereocenters. The van der Waals surface area contributed by atoms with Gasteiger partial charge in [-0.2, -0.15) is 4.37 Å². The van der Waals surface area contributed by atoms with Gasteiger partial charge in [0.05, 0.1) is 5.25 Å². The fourth-order valence-corrected chi connectivity index (χ4v) is 6.03. The van der Waals surface area contributed by atoms with Crippen molar-refractivity contribution in [3.63, 3.8) is 0 Å². The topological polar surface area (TPSA) is 76.3 Å². The van der Waals surface area contributed by atoms with Crippen molar-refractivity contribution in [2.75, 3.05) is 17.7 Å². The first-order valence-electron chi connectivity index (χ1n) is 7.23. The van der Waals surface area contributed by atoms with Crippen molar-refractivity contribution in [1.29, 1.82) is 0 Å². The largest absolute Gasteiger partial charge is 0.382 e. The highest BCUT2D eigenvalue weighted by Gasteiger charge is 2.41. The third kappa shape index (κ3) is 2.41. The summed E-state index contributed by atoms with van der Waals surface area (Å²) < 4.78 is 29.2. The molecular formula is C13H21N3O2S2. The number of nitrogen functional groups attached to an aromatic ring is 1. The van der Waals surface area contributed by atoms with Crippen LogP contribution in [0.15, 0.2) is 4.90 Å². The second kappa shape index (κ2) is 5.18. The molecule has 20 heavy (non-hydrogen) atoms. The Kier molecular flexibility index (Phi) is 3.66. The van der Waals surface area contributed by atoms with E-state index >= 15 is 0 Å². The second-order valence-corrected chi connectivity index (χ2v) is 8.77. The normalized spacial score (nSPS) is 21.1. The SMILES string of the molecule is CN(c1snc(N)c1S(=O)(=O)C1CC1)C1CCCCC1. The average Bonchev–Trinajstić information content (AvgIpc) is 3.23. The summed E-state index contributed by atoms with van der Waals surface area (Å²) in [6.07, 6.45) is 7.47. The Bertz CT molecular complexity index is 587. The molecule has 1 aromatic heterocycles. The van der Waals surface area contributed by atoms with Crippen molar-refractivity contribution in [3.05, 3.63) is 0 Å². The zero-order valence-electron chi connectivity index (χ0n) is 11.7. The fraction of sp³-hybridized carbons (Fsp3) is 0.769. The number of hydrogen-bond donors (Lipinski definition) is 1. The summed E-state index contributed by atoms with van der Waals surface area (Å²) in [4.78, 5) is 2.39. The third-order valence-electron chi connectivity index (χ3n) is 4.35. The van der Waals surface area contributed by atoms with E-state index in [1.807, 2.05) is 7.05 Å². The molecule has 7 heteroatoms. The maximum Gasteiger partial charge on any atom is 0.187 e. The van der Waals surface area contributed by atoms with Gasteiger partial charge < -0.3 is 10.6 Å². The zero-order valence-corrected chi connectivity index (χ0v) is 13.3. The predicted molar refractivity (Wildman–Crippen MR) is 82.0 cm³/mol. The first-order chi connectivity index (χ1) is 9.51. The molecule has 2 fully saturated rings. The van der Waals surface area contributed by atoms with E-state index in [-0.39, 0.29) is 16.0 Å². The van der Waals surface area contributed by atoms with Crippen LogP contribution in [0.25, 0.3) is 0 Å². The Labute approximate surface area is 124 Å². The molecule has 0 unspecified atom stereocenters. The van der Waals surface area contributed by atoms with E-state index in [1.54, 1.807) is 0 Å². The number of aromatic nitrogens is 1. The summed E-state index contributed by atoms with van der Waals surface area (Å²) in [5, 5.41) is 0.501. The van der Waals surface area contributed by atoms with Crippen molar-refractivity contribution in [2.45, 2.75) is 61.1 Å². The maximum atomic E-state index is 12.5. The number of nitrogens with zero attached hydrogens (tertiary/aromatic N) is 2. The Hall–Kier alpha value is -0.820. The van der Waals surface area contributed by atoms with Gasteiger partial charge in [0.1, 0.15) is 9.90 Å². The van der Waals surface area contributed by atoms with E-state index in [2.05, 4.69) is 9.27 Å². The van der Waals surface area contributed by atoms with Crippen molar-refractivity contribution in [2.24, 2.45) is 0 Å². The first kappa shape index (κ1) is 14.1. The molecule has 0 saturated heterocycles. The van der Waals surface area contributed by atoms with Crippen LogP contribution in [0.4, 0.5) is 10.8 Å². The minimum absolute atomic E-state index is 0.180. The smallest absolute Gasteiger partial charge is 0.187 e. The van der Waals surface area contributed by atoms with Crippen LogP contribution in [0.1, 0.15) is 44.9 Å². The number of rotatable bonds is 4. The fourth-order valence-electron chi connectivity index (χ4n) is 2.96. The van der Waals surface area contributed by atoms with Gasteiger partial charge in [0.2, 0.25) is 0 Å². The van der Waals surface area contributed by atoms with Crippen LogP contribution in [0.2, 0.25) is 0 Å². The molecule has 2 saturated carbocycles. The van der Waals surface area contributed by atoms with Crippen LogP contribution in [0.5, 0.6) is 0 Å². The molecule has 0 bridgehead atoms. The van der Waals surface area contributed by atoms with Crippen LogP contribution in [0, 0.1) is 0 Å².